The first-order valence-electron chi connectivity index (χ1n) is 5.87. The zero-order valence-corrected chi connectivity index (χ0v) is 10.2. The molecule has 4 nitrogen and oxygen atoms in total. The van der Waals surface area contributed by atoms with Crippen LogP contribution in [0.15, 0.2) is 11.6 Å². The second kappa shape index (κ2) is 5.68. The first-order chi connectivity index (χ1) is 7.61. The predicted molar refractivity (Wildman–Crippen MR) is 62.8 cm³/mol. The highest BCUT2D eigenvalue weighted by molar-refractivity contribution is 5.97. The number of nitrogens with zero attached hydrogens (tertiary/aromatic N) is 1. The van der Waals surface area contributed by atoms with E-state index in [4.69, 9.17) is 0 Å². The van der Waals surface area contributed by atoms with Crippen molar-refractivity contribution < 1.29 is 9.59 Å². The van der Waals surface area contributed by atoms with Gasteiger partial charge in [0.15, 0.2) is 0 Å². The molecule has 1 fully saturated rings. The maximum absolute atomic E-state index is 12.1. The Morgan fingerprint density at radius 2 is 2.25 bits per heavy atom. The second-order valence-electron chi connectivity index (χ2n) is 4.01. The lowest BCUT2D eigenvalue weighted by molar-refractivity contribution is -0.140. The van der Waals surface area contributed by atoms with E-state index in [0.717, 1.165) is 12.0 Å². The van der Waals surface area contributed by atoms with Crippen molar-refractivity contribution >= 4 is 11.8 Å². The zero-order chi connectivity index (χ0) is 12.1. The zero-order valence-electron chi connectivity index (χ0n) is 10.2. The minimum absolute atomic E-state index is 0.0106. The molecule has 1 unspecified atom stereocenters. The van der Waals surface area contributed by atoms with Crippen LogP contribution in [-0.4, -0.2) is 35.8 Å². The van der Waals surface area contributed by atoms with Crippen molar-refractivity contribution in [2.45, 2.75) is 39.7 Å². The molecule has 4 heteroatoms. The van der Waals surface area contributed by atoms with E-state index in [1.54, 1.807) is 4.90 Å². The van der Waals surface area contributed by atoms with Crippen LogP contribution in [0, 0.1) is 0 Å². The van der Waals surface area contributed by atoms with Crippen LogP contribution in [-0.2, 0) is 9.59 Å². The van der Waals surface area contributed by atoms with E-state index in [0.29, 0.717) is 19.5 Å². The molecule has 0 aromatic carbocycles. The van der Waals surface area contributed by atoms with Gasteiger partial charge < -0.3 is 10.2 Å². The molecule has 0 radical (unpaired) electrons. The molecule has 1 aliphatic rings. The summed E-state index contributed by atoms with van der Waals surface area (Å²) in [7, 11) is 0. The fourth-order valence-electron chi connectivity index (χ4n) is 1.98. The number of rotatable bonds is 3. The third kappa shape index (κ3) is 2.62. The molecule has 1 aliphatic heterocycles. The van der Waals surface area contributed by atoms with E-state index in [-0.39, 0.29) is 17.9 Å². The van der Waals surface area contributed by atoms with Crippen LogP contribution in [0.5, 0.6) is 0 Å². The molecule has 0 aromatic rings. The number of amides is 2. The van der Waals surface area contributed by atoms with Crippen molar-refractivity contribution in [1.82, 2.24) is 10.2 Å². The van der Waals surface area contributed by atoms with Gasteiger partial charge in [-0.05, 0) is 19.8 Å². The van der Waals surface area contributed by atoms with Crippen molar-refractivity contribution in [3.8, 4) is 0 Å². The van der Waals surface area contributed by atoms with Gasteiger partial charge in [-0.3, -0.25) is 9.59 Å². The summed E-state index contributed by atoms with van der Waals surface area (Å²) in [5.41, 5.74) is 0.732. The number of allylic oxidation sites excluding steroid dienone is 1. The van der Waals surface area contributed by atoms with Gasteiger partial charge in [-0.15, -0.1) is 0 Å². The van der Waals surface area contributed by atoms with Crippen molar-refractivity contribution in [2.24, 2.45) is 0 Å². The molecular formula is C12H20N2O2. The molecular weight excluding hydrogens is 204 g/mol. The molecule has 0 aliphatic carbocycles. The van der Waals surface area contributed by atoms with Crippen molar-refractivity contribution in [1.29, 1.82) is 0 Å². The molecule has 1 atom stereocenters. The number of hydrogen-bond acceptors (Lipinski definition) is 2. The van der Waals surface area contributed by atoms with Gasteiger partial charge >= 0.3 is 0 Å². The third-order valence-electron chi connectivity index (χ3n) is 2.83. The lowest BCUT2D eigenvalue weighted by Gasteiger charge is -2.34. The van der Waals surface area contributed by atoms with E-state index in [1.807, 2.05) is 26.8 Å². The fraction of sp³-hybridized carbons (Fsp3) is 0.667. The predicted octanol–water partition coefficient (Wildman–Crippen LogP) is 1.08. The van der Waals surface area contributed by atoms with Crippen LogP contribution in [0.2, 0.25) is 0 Å². The van der Waals surface area contributed by atoms with Crippen LogP contribution in [0.4, 0.5) is 0 Å². The Morgan fingerprint density at radius 3 is 2.81 bits per heavy atom. The maximum atomic E-state index is 12.1. The quantitative estimate of drug-likeness (QED) is 0.729. The van der Waals surface area contributed by atoms with Crippen molar-refractivity contribution in [3.63, 3.8) is 0 Å². The van der Waals surface area contributed by atoms with Gasteiger partial charge in [0.2, 0.25) is 11.8 Å². The summed E-state index contributed by atoms with van der Waals surface area (Å²) in [5, 5.41) is 2.79. The Morgan fingerprint density at radius 1 is 1.56 bits per heavy atom. The van der Waals surface area contributed by atoms with E-state index in [1.165, 1.54) is 0 Å². The first-order valence-corrected chi connectivity index (χ1v) is 5.87. The molecule has 1 N–H and O–H groups in total. The number of nitrogens with one attached hydrogen (secondary N) is 1. The van der Waals surface area contributed by atoms with Gasteiger partial charge in [-0.2, -0.15) is 0 Å². The Kier molecular flexibility index (Phi) is 4.52. The van der Waals surface area contributed by atoms with E-state index in [9.17, 15) is 9.59 Å². The van der Waals surface area contributed by atoms with E-state index >= 15 is 0 Å². The molecule has 1 heterocycles. The lowest BCUT2D eigenvalue weighted by atomic mass is 10.1. The second-order valence-corrected chi connectivity index (χ2v) is 4.01. The molecule has 0 aromatic heterocycles. The lowest BCUT2D eigenvalue weighted by Crippen LogP contribution is -2.57. The van der Waals surface area contributed by atoms with Crippen LogP contribution < -0.4 is 5.32 Å². The monoisotopic (exact) mass is 224 g/mol. The number of hydrogen-bond donors (Lipinski definition) is 1. The standard InChI is InChI=1S/C12H20N2O2/c1-4-6-9(3)12(16)14-8-7-13-11(15)10(14)5-2/h6,10H,4-5,7-8H2,1-3H3,(H,13,15)/b9-6-. The van der Waals surface area contributed by atoms with Gasteiger partial charge in [-0.1, -0.05) is 19.9 Å². The maximum Gasteiger partial charge on any atom is 0.249 e. The largest absolute Gasteiger partial charge is 0.353 e. The summed E-state index contributed by atoms with van der Waals surface area (Å²) in [6, 6.07) is -0.304. The molecule has 0 spiro atoms. The minimum Gasteiger partial charge on any atom is -0.353 e. The molecule has 2 amide bonds. The van der Waals surface area contributed by atoms with Crippen LogP contribution in [0.3, 0.4) is 0 Å². The number of carbonyl (C=O) groups excluding carboxylic acids is 2. The highest BCUT2D eigenvalue weighted by Crippen LogP contribution is 2.12. The third-order valence-corrected chi connectivity index (χ3v) is 2.83. The number of piperazine rings is 1. The van der Waals surface area contributed by atoms with Crippen LogP contribution in [0.25, 0.3) is 0 Å². The summed E-state index contributed by atoms with van der Waals surface area (Å²) in [4.78, 5) is 25.4. The van der Waals surface area contributed by atoms with Crippen LogP contribution in [0.1, 0.15) is 33.6 Å². The topological polar surface area (TPSA) is 49.4 Å². The summed E-state index contributed by atoms with van der Waals surface area (Å²) in [6.07, 6.45) is 3.41. The molecule has 0 saturated carbocycles. The van der Waals surface area contributed by atoms with Crippen molar-refractivity contribution in [2.75, 3.05) is 13.1 Å². The van der Waals surface area contributed by atoms with Crippen LogP contribution >= 0.6 is 0 Å². The Hall–Kier alpha value is -1.32. The average molecular weight is 224 g/mol. The summed E-state index contributed by atoms with van der Waals surface area (Å²) < 4.78 is 0. The highest BCUT2D eigenvalue weighted by atomic mass is 16.2. The van der Waals surface area contributed by atoms with E-state index < -0.39 is 0 Å². The average Bonchev–Trinajstić information content (AvgIpc) is 2.28. The number of carbonyl (C=O) groups is 2. The minimum atomic E-state index is -0.304. The normalized spacial score (nSPS) is 21.9. The van der Waals surface area contributed by atoms with Gasteiger partial charge in [0.25, 0.3) is 0 Å². The molecule has 16 heavy (non-hydrogen) atoms. The SMILES string of the molecule is CC/C=C(/C)C(=O)N1CCNC(=O)C1CC. The first kappa shape index (κ1) is 12.7. The van der Waals surface area contributed by atoms with E-state index in [2.05, 4.69) is 5.32 Å². The molecule has 1 rings (SSSR count). The van der Waals surface area contributed by atoms with Gasteiger partial charge in [0, 0.05) is 18.7 Å². The highest BCUT2D eigenvalue weighted by Gasteiger charge is 2.31. The Balaban J connectivity index is 2.81. The van der Waals surface area contributed by atoms with Gasteiger partial charge in [-0.25, -0.2) is 0 Å². The molecule has 0 bridgehead atoms. The Bertz CT molecular complexity index is 310. The summed E-state index contributed by atoms with van der Waals surface area (Å²) >= 11 is 0. The van der Waals surface area contributed by atoms with Gasteiger partial charge in [0.05, 0.1) is 0 Å². The molecule has 90 valence electrons. The Labute approximate surface area is 96.7 Å². The fourth-order valence-corrected chi connectivity index (χ4v) is 1.98. The summed E-state index contributed by atoms with van der Waals surface area (Å²) in [5.74, 6) is -0.0463. The van der Waals surface area contributed by atoms with Crippen molar-refractivity contribution in [3.05, 3.63) is 11.6 Å². The smallest absolute Gasteiger partial charge is 0.249 e. The molecule has 1 saturated heterocycles. The summed E-state index contributed by atoms with van der Waals surface area (Å²) in [6.45, 7) is 6.90. The van der Waals surface area contributed by atoms with Gasteiger partial charge in [0.1, 0.15) is 6.04 Å².